The van der Waals surface area contributed by atoms with E-state index in [-0.39, 0.29) is 12.0 Å². The Kier molecular flexibility index (Phi) is 2.73. The third kappa shape index (κ3) is 1.95. The molecule has 0 saturated heterocycles. The lowest BCUT2D eigenvalue weighted by molar-refractivity contribution is 0.0951. The van der Waals surface area contributed by atoms with E-state index in [4.69, 9.17) is 4.74 Å². The van der Waals surface area contributed by atoms with Crippen LogP contribution in [-0.2, 0) is 0 Å². The first kappa shape index (κ1) is 10.8. The van der Waals surface area contributed by atoms with Crippen LogP contribution in [0.3, 0.4) is 0 Å². The van der Waals surface area contributed by atoms with Gasteiger partial charge in [-0.25, -0.2) is 0 Å². The Morgan fingerprint density at radius 3 is 2.56 bits per heavy atom. The molecule has 1 aliphatic rings. The van der Waals surface area contributed by atoms with Crippen molar-refractivity contribution in [1.82, 2.24) is 5.32 Å². The van der Waals surface area contributed by atoms with E-state index in [1.165, 1.54) is 0 Å². The zero-order valence-corrected chi connectivity index (χ0v) is 9.80. The van der Waals surface area contributed by atoms with Crippen molar-refractivity contribution >= 4 is 5.91 Å². The summed E-state index contributed by atoms with van der Waals surface area (Å²) in [6.07, 6.45) is -0.140. The first-order valence-corrected chi connectivity index (χ1v) is 5.93. The highest BCUT2D eigenvalue weighted by molar-refractivity contribution is 5.97. The van der Waals surface area contributed by atoms with E-state index in [1.54, 1.807) is 6.07 Å². The van der Waals surface area contributed by atoms with Gasteiger partial charge in [0.2, 0.25) is 0 Å². The van der Waals surface area contributed by atoms with Gasteiger partial charge in [0.1, 0.15) is 11.9 Å². The largest absolute Gasteiger partial charge is 0.483 e. The molecule has 3 heteroatoms. The van der Waals surface area contributed by atoms with Crippen LogP contribution in [0.2, 0.25) is 0 Å². The number of rotatable bonds is 1. The minimum atomic E-state index is -0.140. The summed E-state index contributed by atoms with van der Waals surface area (Å²) in [6, 6.07) is 17.2. The normalized spacial score (nSPS) is 18.2. The second-order valence-electron chi connectivity index (χ2n) is 4.22. The Morgan fingerprint density at radius 1 is 1.00 bits per heavy atom. The summed E-state index contributed by atoms with van der Waals surface area (Å²) >= 11 is 0. The van der Waals surface area contributed by atoms with Crippen LogP contribution in [0.15, 0.2) is 54.6 Å². The van der Waals surface area contributed by atoms with Gasteiger partial charge in [-0.2, -0.15) is 0 Å². The van der Waals surface area contributed by atoms with E-state index < -0.39 is 0 Å². The molecule has 0 radical (unpaired) electrons. The Bertz CT molecular complexity index is 566. The number of para-hydroxylation sites is 1. The second kappa shape index (κ2) is 4.53. The van der Waals surface area contributed by atoms with Crippen LogP contribution < -0.4 is 10.1 Å². The van der Waals surface area contributed by atoms with Crippen molar-refractivity contribution in [2.45, 2.75) is 6.10 Å². The molecule has 2 aromatic rings. The van der Waals surface area contributed by atoms with Crippen LogP contribution in [0.25, 0.3) is 0 Å². The Labute approximate surface area is 105 Å². The number of benzene rings is 2. The number of nitrogens with one attached hydrogen (secondary N) is 1. The number of fused-ring (bicyclic) bond motifs is 1. The number of hydrogen-bond donors (Lipinski definition) is 1. The molecule has 1 unspecified atom stereocenters. The fourth-order valence-corrected chi connectivity index (χ4v) is 2.09. The predicted octanol–water partition coefficient (Wildman–Crippen LogP) is 2.55. The lowest BCUT2D eigenvalue weighted by Gasteiger charge is -2.16. The molecule has 1 atom stereocenters. The van der Waals surface area contributed by atoms with Gasteiger partial charge in [0, 0.05) is 0 Å². The molecule has 0 saturated carbocycles. The molecule has 18 heavy (non-hydrogen) atoms. The molecule has 0 fully saturated rings. The van der Waals surface area contributed by atoms with Gasteiger partial charge in [-0.1, -0.05) is 42.5 Å². The number of hydrogen-bond acceptors (Lipinski definition) is 2. The highest BCUT2D eigenvalue weighted by atomic mass is 16.5. The molecule has 0 aliphatic carbocycles. The molecular weight excluding hydrogens is 226 g/mol. The van der Waals surface area contributed by atoms with Crippen molar-refractivity contribution < 1.29 is 9.53 Å². The predicted molar refractivity (Wildman–Crippen MR) is 68.6 cm³/mol. The van der Waals surface area contributed by atoms with Crippen molar-refractivity contribution in [3.63, 3.8) is 0 Å². The molecule has 1 amide bonds. The summed E-state index contributed by atoms with van der Waals surface area (Å²) < 4.78 is 5.93. The van der Waals surface area contributed by atoms with Crippen LogP contribution in [0, 0.1) is 0 Å². The first-order chi connectivity index (χ1) is 8.84. The van der Waals surface area contributed by atoms with Gasteiger partial charge in [0.05, 0.1) is 12.1 Å². The van der Waals surface area contributed by atoms with Crippen molar-refractivity contribution in [3.05, 3.63) is 65.7 Å². The van der Waals surface area contributed by atoms with E-state index in [0.717, 1.165) is 5.56 Å². The zero-order valence-electron chi connectivity index (χ0n) is 9.80. The smallest absolute Gasteiger partial charge is 0.255 e. The molecule has 1 aliphatic heterocycles. The summed E-state index contributed by atoms with van der Waals surface area (Å²) in [4.78, 5) is 11.9. The number of carbonyl (C=O) groups excluding carboxylic acids is 1. The lowest BCUT2D eigenvalue weighted by atomic mass is 10.1. The fraction of sp³-hybridized carbons (Fsp3) is 0.133. The molecular formula is C15H13NO2. The minimum Gasteiger partial charge on any atom is -0.483 e. The van der Waals surface area contributed by atoms with Gasteiger partial charge < -0.3 is 10.1 Å². The van der Waals surface area contributed by atoms with Crippen LogP contribution in [0.4, 0.5) is 0 Å². The molecule has 2 aromatic carbocycles. The molecule has 1 N–H and O–H groups in total. The molecule has 0 spiro atoms. The first-order valence-electron chi connectivity index (χ1n) is 5.93. The summed E-state index contributed by atoms with van der Waals surface area (Å²) in [5.41, 5.74) is 1.66. The number of carbonyl (C=O) groups is 1. The second-order valence-corrected chi connectivity index (χ2v) is 4.22. The van der Waals surface area contributed by atoms with E-state index in [0.29, 0.717) is 17.9 Å². The van der Waals surface area contributed by atoms with E-state index in [9.17, 15) is 4.79 Å². The van der Waals surface area contributed by atoms with Crippen molar-refractivity contribution in [2.75, 3.05) is 6.54 Å². The fourth-order valence-electron chi connectivity index (χ4n) is 2.09. The van der Waals surface area contributed by atoms with Gasteiger partial charge in [-0.3, -0.25) is 4.79 Å². The average molecular weight is 239 g/mol. The monoisotopic (exact) mass is 239 g/mol. The Balaban J connectivity index is 1.97. The van der Waals surface area contributed by atoms with Gasteiger partial charge in [0.25, 0.3) is 5.91 Å². The van der Waals surface area contributed by atoms with Crippen LogP contribution >= 0.6 is 0 Å². The molecule has 1 heterocycles. The molecule has 3 rings (SSSR count). The van der Waals surface area contributed by atoms with Gasteiger partial charge in [-0.05, 0) is 17.7 Å². The minimum absolute atomic E-state index is 0.0796. The highest BCUT2D eigenvalue weighted by Crippen LogP contribution is 2.27. The molecule has 90 valence electrons. The van der Waals surface area contributed by atoms with Crippen molar-refractivity contribution in [2.24, 2.45) is 0 Å². The van der Waals surface area contributed by atoms with Gasteiger partial charge in [0.15, 0.2) is 0 Å². The van der Waals surface area contributed by atoms with Crippen LogP contribution in [0.1, 0.15) is 22.0 Å². The van der Waals surface area contributed by atoms with Crippen LogP contribution in [0.5, 0.6) is 5.75 Å². The van der Waals surface area contributed by atoms with Crippen molar-refractivity contribution in [3.8, 4) is 5.75 Å². The van der Waals surface area contributed by atoms with Crippen molar-refractivity contribution in [1.29, 1.82) is 0 Å². The maximum absolute atomic E-state index is 11.9. The highest BCUT2D eigenvalue weighted by Gasteiger charge is 2.22. The van der Waals surface area contributed by atoms with E-state index in [1.807, 2.05) is 48.5 Å². The summed E-state index contributed by atoms with van der Waals surface area (Å²) in [5.74, 6) is 0.561. The maximum atomic E-state index is 11.9. The van der Waals surface area contributed by atoms with Gasteiger partial charge >= 0.3 is 0 Å². The Morgan fingerprint density at radius 2 is 1.72 bits per heavy atom. The number of ether oxygens (including phenoxy) is 1. The maximum Gasteiger partial charge on any atom is 0.255 e. The SMILES string of the molecule is O=C1NCC(c2ccccc2)Oc2ccccc21. The quantitative estimate of drug-likeness (QED) is 0.830. The van der Waals surface area contributed by atoms with E-state index >= 15 is 0 Å². The molecule has 3 nitrogen and oxygen atoms in total. The third-order valence-corrected chi connectivity index (χ3v) is 3.02. The summed E-state index contributed by atoms with van der Waals surface area (Å²) in [6.45, 7) is 0.484. The zero-order chi connectivity index (χ0) is 12.4. The molecule has 0 aromatic heterocycles. The van der Waals surface area contributed by atoms with Crippen LogP contribution in [-0.4, -0.2) is 12.5 Å². The molecule has 0 bridgehead atoms. The Hall–Kier alpha value is -2.29. The standard InChI is InChI=1S/C15H13NO2/c17-15-12-8-4-5-9-13(12)18-14(10-16-15)11-6-2-1-3-7-11/h1-9,14H,10H2,(H,16,17). The van der Waals surface area contributed by atoms with Gasteiger partial charge in [-0.15, -0.1) is 0 Å². The lowest BCUT2D eigenvalue weighted by Crippen LogP contribution is -2.26. The summed E-state index contributed by atoms with van der Waals surface area (Å²) in [7, 11) is 0. The van der Waals surface area contributed by atoms with E-state index in [2.05, 4.69) is 5.32 Å². The average Bonchev–Trinajstić information content (AvgIpc) is 2.60. The summed E-state index contributed by atoms with van der Waals surface area (Å²) in [5, 5.41) is 2.89. The topological polar surface area (TPSA) is 38.3 Å². The third-order valence-electron chi connectivity index (χ3n) is 3.02. The number of amides is 1.